The molecule has 1 aromatic carbocycles. The number of hydrogen-bond acceptors (Lipinski definition) is 3. The second-order valence-corrected chi connectivity index (χ2v) is 5.56. The molecule has 21 heavy (non-hydrogen) atoms. The molecule has 5 heteroatoms. The quantitative estimate of drug-likeness (QED) is 0.831. The average Bonchev–Trinajstić information content (AvgIpc) is 2.97. The fourth-order valence-corrected chi connectivity index (χ4v) is 2.76. The van der Waals surface area contributed by atoms with Gasteiger partial charge in [-0.25, -0.2) is 4.98 Å². The van der Waals surface area contributed by atoms with Crippen LogP contribution < -0.4 is 5.32 Å². The molecule has 0 atom stereocenters. The van der Waals surface area contributed by atoms with Crippen LogP contribution in [0.4, 0.5) is 0 Å². The van der Waals surface area contributed by atoms with E-state index in [4.69, 9.17) is 0 Å². The van der Waals surface area contributed by atoms with Crippen molar-refractivity contribution in [2.24, 2.45) is 0 Å². The maximum atomic E-state index is 12.5. The standard InChI is InChI=1S/C16H21N3OS/c1-4-12(5-2)18-15(20)14-11-17-16(21-3)19(14)13-9-7-6-8-10-13/h6-12H,4-5H2,1-3H3,(H,18,20). The Labute approximate surface area is 130 Å². The van der Waals surface area contributed by atoms with Crippen LogP contribution in [0.25, 0.3) is 5.69 Å². The summed E-state index contributed by atoms with van der Waals surface area (Å²) in [5.74, 6) is -0.0691. The van der Waals surface area contributed by atoms with Crippen LogP contribution in [0, 0.1) is 0 Å². The molecule has 1 aromatic heterocycles. The maximum absolute atomic E-state index is 12.5. The van der Waals surface area contributed by atoms with E-state index in [1.54, 1.807) is 6.20 Å². The van der Waals surface area contributed by atoms with Gasteiger partial charge < -0.3 is 5.32 Å². The first kappa shape index (κ1) is 15.6. The van der Waals surface area contributed by atoms with E-state index in [-0.39, 0.29) is 11.9 Å². The minimum atomic E-state index is -0.0691. The Bertz CT molecular complexity index is 591. The molecule has 1 heterocycles. The van der Waals surface area contributed by atoms with E-state index in [2.05, 4.69) is 24.1 Å². The summed E-state index contributed by atoms with van der Waals surface area (Å²) in [5.41, 5.74) is 1.53. The molecule has 0 radical (unpaired) electrons. The summed E-state index contributed by atoms with van der Waals surface area (Å²) < 4.78 is 1.91. The van der Waals surface area contributed by atoms with Crippen molar-refractivity contribution in [2.45, 2.75) is 37.9 Å². The van der Waals surface area contributed by atoms with E-state index in [1.807, 2.05) is 41.2 Å². The van der Waals surface area contributed by atoms with Gasteiger partial charge >= 0.3 is 0 Å². The van der Waals surface area contributed by atoms with E-state index in [9.17, 15) is 4.79 Å². The van der Waals surface area contributed by atoms with Crippen molar-refractivity contribution < 1.29 is 4.79 Å². The highest BCUT2D eigenvalue weighted by atomic mass is 32.2. The summed E-state index contributed by atoms with van der Waals surface area (Å²) in [6, 6.07) is 10.0. The Hall–Kier alpha value is -1.75. The molecular weight excluding hydrogens is 282 g/mol. The van der Waals surface area contributed by atoms with Crippen LogP contribution in [0.1, 0.15) is 37.2 Å². The summed E-state index contributed by atoms with van der Waals surface area (Å²) >= 11 is 1.53. The van der Waals surface area contributed by atoms with Gasteiger partial charge in [-0.05, 0) is 31.2 Å². The van der Waals surface area contributed by atoms with Crippen LogP contribution in [0.3, 0.4) is 0 Å². The van der Waals surface area contributed by atoms with Crippen LogP contribution in [0.2, 0.25) is 0 Å². The number of hydrogen-bond donors (Lipinski definition) is 1. The summed E-state index contributed by atoms with van der Waals surface area (Å²) in [5, 5.41) is 3.89. The molecule has 1 amide bonds. The number of nitrogens with one attached hydrogen (secondary N) is 1. The van der Waals surface area contributed by atoms with Crippen LogP contribution in [0.15, 0.2) is 41.7 Å². The number of nitrogens with zero attached hydrogens (tertiary/aromatic N) is 2. The highest BCUT2D eigenvalue weighted by molar-refractivity contribution is 7.98. The summed E-state index contributed by atoms with van der Waals surface area (Å²) in [4.78, 5) is 16.9. The Morgan fingerprint density at radius 1 is 1.29 bits per heavy atom. The molecule has 0 unspecified atom stereocenters. The molecule has 0 fully saturated rings. The van der Waals surface area contributed by atoms with Crippen LogP contribution >= 0.6 is 11.8 Å². The fraction of sp³-hybridized carbons (Fsp3) is 0.375. The van der Waals surface area contributed by atoms with Crippen molar-refractivity contribution >= 4 is 17.7 Å². The normalized spacial score (nSPS) is 10.9. The lowest BCUT2D eigenvalue weighted by atomic mass is 10.1. The zero-order chi connectivity index (χ0) is 15.2. The largest absolute Gasteiger partial charge is 0.348 e. The van der Waals surface area contributed by atoms with E-state index in [1.165, 1.54) is 11.8 Å². The third-order valence-electron chi connectivity index (χ3n) is 3.48. The Balaban J connectivity index is 2.37. The van der Waals surface area contributed by atoms with Crippen molar-refractivity contribution in [3.8, 4) is 5.69 Å². The van der Waals surface area contributed by atoms with Gasteiger partial charge in [0.2, 0.25) is 0 Å². The Morgan fingerprint density at radius 2 is 1.95 bits per heavy atom. The van der Waals surface area contributed by atoms with Crippen molar-refractivity contribution in [3.63, 3.8) is 0 Å². The molecule has 0 aliphatic heterocycles. The van der Waals surface area contributed by atoms with Crippen LogP contribution in [0.5, 0.6) is 0 Å². The number of amides is 1. The molecule has 0 saturated carbocycles. The number of thioether (sulfide) groups is 1. The van der Waals surface area contributed by atoms with Crippen LogP contribution in [-0.4, -0.2) is 27.8 Å². The summed E-state index contributed by atoms with van der Waals surface area (Å²) in [6.45, 7) is 4.16. The predicted molar refractivity (Wildman–Crippen MR) is 87.2 cm³/mol. The molecular formula is C16H21N3OS. The Morgan fingerprint density at radius 3 is 2.52 bits per heavy atom. The molecule has 0 saturated heterocycles. The van der Waals surface area contributed by atoms with Crippen molar-refractivity contribution in [3.05, 3.63) is 42.2 Å². The predicted octanol–water partition coefficient (Wildman–Crippen LogP) is 3.51. The first-order valence-electron chi connectivity index (χ1n) is 7.19. The third kappa shape index (κ3) is 3.47. The Kier molecular flexibility index (Phi) is 5.44. The van der Waals surface area contributed by atoms with Gasteiger partial charge in [-0.2, -0.15) is 0 Å². The van der Waals surface area contributed by atoms with Crippen molar-refractivity contribution in [1.82, 2.24) is 14.9 Å². The van der Waals surface area contributed by atoms with Crippen molar-refractivity contribution in [1.29, 1.82) is 0 Å². The summed E-state index contributed by atoms with van der Waals surface area (Å²) in [6.07, 6.45) is 5.47. The highest BCUT2D eigenvalue weighted by Gasteiger charge is 2.19. The third-order valence-corrected chi connectivity index (χ3v) is 4.13. The SMILES string of the molecule is CCC(CC)NC(=O)c1cnc(SC)n1-c1ccccc1. The van der Waals surface area contributed by atoms with Gasteiger partial charge in [0.05, 0.1) is 6.20 Å². The lowest BCUT2D eigenvalue weighted by Gasteiger charge is -2.16. The van der Waals surface area contributed by atoms with Gasteiger partial charge in [0.1, 0.15) is 5.69 Å². The molecule has 0 aliphatic carbocycles. The number of aromatic nitrogens is 2. The molecule has 112 valence electrons. The number of carbonyl (C=O) groups is 1. The molecule has 1 N–H and O–H groups in total. The number of carbonyl (C=O) groups excluding carboxylic acids is 1. The average molecular weight is 303 g/mol. The number of imidazole rings is 1. The smallest absolute Gasteiger partial charge is 0.270 e. The van der Waals surface area contributed by atoms with E-state index in [0.717, 1.165) is 23.7 Å². The fourth-order valence-electron chi connectivity index (χ4n) is 2.22. The second kappa shape index (κ2) is 7.31. The molecule has 0 bridgehead atoms. The lowest BCUT2D eigenvalue weighted by Crippen LogP contribution is -2.35. The topological polar surface area (TPSA) is 46.9 Å². The first-order chi connectivity index (χ1) is 10.2. The van der Waals surface area contributed by atoms with E-state index >= 15 is 0 Å². The summed E-state index contributed by atoms with van der Waals surface area (Å²) in [7, 11) is 0. The monoisotopic (exact) mass is 303 g/mol. The molecule has 4 nitrogen and oxygen atoms in total. The van der Waals surface area contributed by atoms with Gasteiger partial charge in [-0.1, -0.05) is 43.8 Å². The number of rotatable bonds is 6. The van der Waals surface area contributed by atoms with E-state index < -0.39 is 0 Å². The van der Waals surface area contributed by atoms with Crippen molar-refractivity contribution in [2.75, 3.05) is 6.26 Å². The minimum absolute atomic E-state index is 0.0691. The van der Waals surface area contributed by atoms with Gasteiger partial charge in [-0.15, -0.1) is 0 Å². The molecule has 0 spiro atoms. The number of para-hydroxylation sites is 1. The second-order valence-electron chi connectivity index (χ2n) is 4.79. The number of benzene rings is 1. The van der Waals surface area contributed by atoms with Gasteiger partial charge in [-0.3, -0.25) is 9.36 Å². The van der Waals surface area contributed by atoms with E-state index in [0.29, 0.717) is 5.69 Å². The van der Waals surface area contributed by atoms with Gasteiger partial charge in [0.15, 0.2) is 5.16 Å². The van der Waals surface area contributed by atoms with Gasteiger partial charge in [0.25, 0.3) is 5.91 Å². The minimum Gasteiger partial charge on any atom is -0.348 e. The van der Waals surface area contributed by atoms with Gasteiger partial charge in [0, 0.05) is 11.7 Å². The van der Waals surface area contributed by atoms with Crippen LogP contribution in [-0.2, 0) is 0 Å². The first-order valence-corrected chi connectivity index (χ1v) is 8.41. The molecule has 2 aromatic rings. The molecule has 0 aliphatic rings. The maximum Gasteiger partial charge on any atom is 0.270 e. The molecule has 2 rings (SSSR count). The zero-order valence-electron chi connectivity index (χ0n) is 12.7. The zero-order valence-corrected chi connectivity index (χ0v) is 13.5. The highest BCUT2D eigenvalue weighted by Crippen LogP contribution is 2.21. The lowest BCUT2D eigenvalue weighted by molar-refractivity contribution is 0.0927.